The number of amides is 1. The summed E-state index contributed by atoms with van der Waals surface area (Å²) >= 11 is 4.97. The van der Waals surface area contributed by atoms with Crippen molar-refractivity contribution in [2.24, 2.45) is 0 Å². The highest BCUT2D eigenvalue weighted by Crippen LogP contribution is 2.21. The maximum absolute atomic E-state index is 11.5. The molecule has 15 heavy (non-hydrogen) atoms. The van der Waals surface area contributed by atoms with Crippen LogP contribution in [0, 0.1) is 0 Å². The highest BCUT2D eigenvalue weighted by Gasteiger charge is 2.06. The summed E-state index contributed by atoms with van der Waals surface area (Å²) in [5.74, 6) is -0.117. The molecule has 5 heteroatoms. The largest absolute Gasteiger partial charge is 0.472 e. The minimum absolute atomic E-state index is 0.117. The average molecular weight is 286 g/mol. The summed E-state index contributed by atoms with van der Waals surface area (Å²) in [6.07, 6.45) is 2.91. The van der Waals surface area contributed by atoms with Gasteiger partial charge >= 0.3 is 0 Å². The van der Waals surface area contributed by atoms with Crippen molar-refractivity contribution in [3.63, 3.8) is 0 Å². The van der Waals surface area contributed by atoms with Crippen LogP contribution in [-0.4, -0.2) is 5.91 Å². The van der Waals surface area contributed by atoms with E-state index < -0.39 is 0 Å². The number of halogens is 1. The van der Waals surface area contributed by atoms with Crippen molar-refractivity contribution in [1.82, 2.24) is 5.32 Å². The number of carbonyl (C=O) groups is 1. The molecule has 0 bridgehead atoms. The molecule has 2 rings (SSSR count). The number of rotatable bonds is 3. The van der Waals surface area contributed by atoms with Crippen LogP contribution in [0.2, 0.25) is 0 Å². The lowest BCUT2D eigenvalue weighted by Gasteiger charge is -2.00. The highest BCUT2D eigenvalue weighted by molar-refractivity contribution is 9.11. The Labute approximate surface area is 99.2 Å². The molecule has 0 spiro atoms. The third-order valence-electron chi connectivity index (χ3n) is 1.84. The van der Waals surface area contributed by atoms with E-state index in [0.717, 1.165) is 8.66 Å². The Morgan fingerprint density at radius 1 is 1.47 bits per heavy atom. The summed E-state index contributed by atoms with van der Waals surface area (Å²) in [5.41, 5.74) is 0.547. The fraction of sp³-hybridized carbons (Fsp3) is 0.100. The summed E-state index contributed by atoms with van der Waals surface area (Å²) in [6, 6.07) is 5.58. The van der Waals surface area contributed by atoms with E-state index >= 15 is 0 Å². The Balaban J connectivity index is 1.91. The number of thiophene rings is 1. The van der Waals surface area contributed by atoms with Gasteiger partial charge in [-0.15, -0.1) is 11.3 Å². The van der Waals surface area contributed by atoms with Crippen LogP contribution in [0.25, 0.3) is 0 Å². The standard InChI is InChI=1S/C10H8BrNO2S/c11-9-2-1-8(15-9)5-12-10(13)7-3-4-14-6-7/h1-4,6H,5H2,(H,12,13). The first-order valence-electron chi connectivity index (χ1n) is 4.30. The quantitative estimate of drug-likeness (QED) is 0.942. The van der Waals surface area contributed by atoms with Gasteiger partial charge in [0.15, 0.2) is 0 Å². The fourth-order valence-electron chi connectivity index (χ4n) is 1.11. The van der Waals surface area contributed by atoms with Crippen molar-refractivity contribution >= 4 is 33.2 Å². The van der Waals surface area contributed by atoms with Crippen LogP contribution in [0.15, 0.2) is 38.9 Å². The van der Waals surface area contributed by atoms with Gasteiger partial charge in [-0.2, -0.15) is 0 Å². The smallest absolute Gasteiger partial charge is 0.254 e. The molecule has 78 valence electrons. The van der Waals surface area contributed by atoms with Crippen molar-refractivity contribution < 1.29 is 9.21 Å². The predicted octanol–water partition coefficient (Wildman–Crippen LogP) is 3.03. The molecule has 3 nitrogen and oxygen atoms in total. The third-order valence-corrected chi connectivity index (χ3v) is 3.46. The van der Waals surface area contributed by atoms with Crippen LogP contribution in [0.4, 0.5) is 0 Å². The average Bonchev–Trinajstić information content (AvgIpc) is 2.84. The zero-order chi connectivity index (χ0) is 10.7. The Morgan fingerprint density at radius 2 is 2.33 bits per heavy atom. The number of carbonyl (C=O) groups excluding carboxylic acids is 1. The molecule has 2 heterocycles. The number of hydrogen-bond donors (Lipinski definition) is 1. The SMILES string of the molecule is O=C(NCc1ccc(Br)s1)c1ccoc1. The summed E-state index contributed by atoms with van der Waals surface area (Å²) in [4.78, 5) is 12.6. The molecule has 0 atom stereocenters. The zero-order valence-electron chi connectivity index (χ0n) is 7.70. The van der Waals surface area contributed by atoms with Crippen molar-refractivity contribution in [1.29, 1.82) is 0 Å². The summed E-state index contributed by atoms with van der Waals surface area (Å²) in [6.45, 7) is 0.542. The van der Waals surface area contributed by atoms with E-state index in [4.69, 9.17) is 4.42 Å². The maximum Gasteiger partial charge on any atom is 0.254 e. The topological polar surface area (TPSA) is 42.2 Å². The molecule has 0 radical (unpaired) electrons. The molecule has 1 N–H and O–H groups in total. The molecule has 0 fully saturated rings. The van der Waals surface area contributed by atoms with E-state index in [0.29, 0.717) is 12.1 Å². The van der Waals surface area contributed by atoms with E-state index in [-0.39, 0.29) is 5.91 Å². The number of hydrogen-bond acceptors (Lipinski definition) is 3. The molecule has 0 aliphatic carbocycles. The molecular weight excluding hydrogens is 278 g/mol. The van der Waals surface area contributed by atoms with Gasteiger partial charge < -0.3 is 9.73 Å². The summed E-state index contributed by atoms with van der Waals surface area (Å²) in [5, 5.41) is 2.81. The molecular formula is C10H8BrNO2S. The molecule has 0 unspecified atom stereocenters. The molecule has 0 aliphatic heterocycles. The van der Waals surface area contributed by atoms with E-state index in [2.05, 4.69) is 21.2 Å². The highest BCUT2D eigenvalue weighted by atomic mass is 79.9. The van der Waals surface area contributed by atoms with Gasteiger partial charge in [0.05, 0.1) is 22.2 Å². The van der Waals surface area contributed by atoms with Gasteiger partial charge in [0.2, 0.25) is 0 Å². The van der Waals surface area contributed by atoms with Crippen LogP contribution in [0.5, 0.6) is 0 Å². The second kappa shape index (κ2) is 4.63. The molecule has 2 aromatic rings. The maximum atomic E-state index is 11.5. The minimum Gasteiger partial charge on any atom is -0.472 e. The molecule has 2 aromatic heterocycles. The fourth-order valence-corrected chi connectivity index (χ4v) is 2.53. The first kappa shape index (κ1) is 10.4. The van der Waals surface area contributed by atoms with E-state index in [9.17, 15) is 4.79 Å². The molecule has 0 saturated heterocycles. The Hall–Kier alpha value is -1.07. The summed E-state index contributed by atoms with van der Waals surface area (Å²) in [7, 11) is 0. The number of furan rings is 1. The van der Waals surface area contributed by atoms with Crippen molar-refractivity contribution in [2.75, 3.05) is 0 Å². The normalized spacial score (nSPS) is 10.2. The number of nitrogens with one attached hydrogen (secondary N) is 1. The van der Waals surface area contributed by atoms with E-state index in [1.54, 1.807) is 17.4 Å². The monoisotopic (exact) mass is 285 g/mol. The van der Waals surface area contributed by atoms with Gasteiger partial charge in [0.25, 0.3) is 5.91 Å². The molecule has 0 saturated carbocycles. The minimum atomic E-state index is -0.117. The van der Waals surface area contributed by atoms with E-state index in [1.165, 1.54) is 12.5 Å². The second-order valence-electron chi connectivity index (χ2n) is 2.90. The lowest BCUT2D eigenvalue weighted by Crippen LogP contribution is -2.21. The van der Waals surface area contributed by atoms with Gasteiger partial charge in [-0.3, -0.25) is 4.79 Å². The third kappa shape index (κ3) is 2.70. The second-order valence-corrected chi connectivity index (χ2v) is 5.45. The van der Waals surface area contributed by atoms with Crippen molar-refractivity contribution in [3.05, 3.63) is 45.0 Å². The molecule has 1 amide bonds. The van der Waals surface area contributed by atoms with Gasteiger partial charge in [-0.1, -0.05) is 0 Å². The van der Waals surface area contributed by atoms with Crippen molar-refractivity contribution in [2.45, 2.75) is 6.54 Å². The van der Waals surface area contributed by atoms with Crippen LogP contribution >= 0.6 is 27.3 Å². The summed E-state index contributed by atoms with van der Waals surface area (Å²) < 4.78 is 5.89. The van der Waals surface area contributed by atoms with E-state index in [1.807, 2.05) is 12.1 Å². The first-order chi connectivity index (χ1) is 7.25. The van der Waals surface area contributed by atoms with Crippen LogP contribution < -0.4 is 5.32 Å². The lowest BCUT2D eigenvalue weighted by atomic mass is 10.3. The van der Waals surface area contributed by atoms with Crippen LogP contribution in [0.1, 0.15) is 15.2 Å². The molecule has 0 aromatic carbocycles. The van der Waals surface area contributed by atoms with Crippen LogP contribution in [0.3, 0.4) is 0 Å². The lowest BCUT2D eigenvalue weighted by molar-refractivity contribution is 0.0950. The van der Waals surface area contributed by atoms with Gasteiger partial charge in [0.1, 0.15) is 6.26 Å². The van der Waals surface area contributed by atoms with Gasteiger partial charge in [-0.05, 0) is 34.1 Å². The molecule has 0 aliphatic rings. The zero-order valence-corrected chi connectivity index (χ0v) is 10.1. The predicted molar refractivity (Wildman–Crippen MR) is 61.9 cm³/mol. The Morgan fingerprint density at radius 3 is 2.93 bits per heavy atom. The van der Waals surface area contributed by atoms with Gasteiger partial charge in [0, 0.05) is 4.88 Å². The van der Waals surface area contributed by atoms with Crippen LogP contribution in [-0.2, 0) is 6.54 Å². The first-order valence-corrected chi connectivity index (χ1v) is 5.91. The Bertz CT molecular complexity index is 450. The van der Waals surface area contributed by atoms with Crippen molar-refractivity contribution in [3.8, 4) is 0 Å². The Kier molecular flexibility index (Phi) is 3.23. The van der Waals surface area contributed by atoms with Gasteiger partial charge in [-0.25, -0.2) is 0 Å².